The number of hydrogen-bond donors (Lipinski definition) is 0. The molecule has 0 bridgehead atoms. The quantitative estimate of drug-likeness (QED) is 0.573. The van der Waals surface area contributed by atoms with E-state index in [-0.39, 0.29) is 12.5 Å². The van der Waals surface area contributed by atoms with Gasteiger partial charge >= 0.3 is 5.97 Å². The third-order valence-electron chi connectivity index (χ3n) is 6.79. The van der Waals surface area contributed by atoms with Crippen LogP contribution in [0, 0.1) is 5.92 Å². The molecule has 0 spiro atoms. The molecule has 3 aromatic rings. The number of esters is 1. The van der Waals surface area contributed by atoms with E-state index in [1.54, 1.807) is 4.90 Å². The fourth-order valence-electron chi connectivity index (χ4n) is 4.94. The smallest absolute Gasteiger partial charge is 0.339 e. The fourth-order valence-corrected chi connectivity index (χ4v) is 4.94. The van der Waals surface area contributed by atoms with Crippen molar-refractivity contribution in [2.24, 2.45) is 5.92 Å². The Bertz CT molecular complexity index is 1170. The number of rotatable bonds is 4. The minimum Gasteiger partial charge on any atom is -0.452 e. The maximum atomic E-state index is 13.2. The maximum Gasteiger partial charge on any atom is 0.339 e. The Morgan fingerprint density at radius 1 is 1.00 bits per heavy atom. The minimum atomic E-state index is -0.421. The topological polar surface area (TPSA) is 62.7 Å². The predicted molar refractivity (Wildman–Crippen MR) is 128 cm³/mol. The molecule has 1 fully saturated rings. The number of benzene rings is 2. The molecule has 0 N–H and O–H groups in total. The summed E-state index contributed by atoms with van der Waals surface area (Å²) in [5, 5.41) is 0.805. The van der Waals surface area contributed by atoms with Gasteiger partial charge in [0.15, 0.2) is 6.61 Å². The van der Waals surface area contributed by atoms with E-state index < -0.39 is 5.97 Å². The largest absolute Gasteiger partial charge is 0.452 e. The lowest BCUT2D eigenvalue weighted by Gasteiger charge is -2.36. The van der Waals surface area contributed by atoms with Crippen molar-refractivity contribution in [1.29, 1.82) is 0 Å². The number of carbonyl (C=O) groups is 2. The van der Waals surface area contributed by atoms with Crippen molar-refractivity contribution < 1.29 is 14.3 Å². The van der Waals surface area contributed by atoms with Crippen molar-refractivity contribution in [3.8, 4) is 0 Å². The van der Waals surface area contributed by atoms with Crippen LogP contribution in [0.25, 0.3) is 10.9 Å². The van der Waals surface area contributed by atoms with E-state index in [1.165, 1.54) is 5.69 Å². The molecule has 0 saturated carbocycles. The highest BCUT2D eigenvalue weighted by Crippen LogP contribution is 2.32. The zero-order valence-corrected chi connectivity index (χ0v) is 19.0. The van der Waals surface area contributed by atoms with E-state index in [0.717, 1.165) is 54.5 Å². The molecule has 1 aliphatic heterocycles. The van der Waals surface area contributed by atoms with Gasteiger partial charge in [-0.15, -0.1) is 0 Å². The molecule has 5 rings (SSSR count). The molecule has 0 radical (unpaired) electrons. The number of anilines is 1. The number of hydrogen-bond acceptors (Lipinski definition) is 5. The zero-order chi connectivity index (χ0) is 22.8. The summed E-state index contributed by atoms with van der Waals surface area (Å²) < 4.78 is 5.59. The Kier molecular flexibility index (Phi) is 5.99. The molecule has 1 unspecified atom stereocenters. The van der Waals surface area contributed by atoms with Crippen molar-refractivity contribution in [1.82, 2.24) is 9.88 Å². The van der Waals surface area contributed by atoms with Crippen molar-refractivity contribution in [2.75, 3.05) is 37.7 Å². The monoisotopic (exact) mass is 443 g/mol. The molecule has 1 aliphatic carbocycles. The van der Waals surface area contributed by atoms with Crippen LogP contribution < -0.4 is 4.90 Å². The molecular formula is C27H29N3O3. The van der Waals surface area contributed by atoms with Gasteiger partial charge in [0.2, 0.25) is 0 Å². The van der Waals surface area contributed by atoms with Crippen LogP contribution in [-0.2, 0) is 22.4 Å². The summed E-state index contributed by atoms with van der Waals surface area (Å²) in [7, 11) is 0. The van der Waals surface area contributed by atoms with Gasteiger partial charge in [-0.1, -0.05) is 43.3 Å². The van der Waals surface area contributed by atoms with Crippen molar-refractivity contribution >= 4 is 28.5 Å². The number of ether oxygens (including phenoxy) is 1. The number of aryl methyl sites for hydroxylation is 1. The van der Waals surface area contributed by atoms with E-state index in [2.05, 4.69) is 24.0 Å². The molecule has 1 aromatic heterocycles. The van der Waals surface area contributed by atoms with Gasteiger partial charge in [0.25, 0.3) is 5.91 Å². The van der Waals surface area contributed by atoms with Gasteiger partial charge in [0.05, 0.1) is 11.1 Å². The molecule has 2 aliphatic rings. The van der Waals surface area contributed by atoms with Gasteiger partial charge in [0.1, 0.15) is 0 Å². The van der Waals surface area contributed by atoms with Crippen LogP contribution in [0.1, 0.15) is 35.0 Å². The summed E-state index contributed by atoms with van der Waals surface area (Å²) in [4.78, 5) is 34.9. The third kappa shape index (κ3) is 4.42. The molecule has 1 saturated heterocycles. The minimum absolute atomic E-state index is 0.142. The van der Waals surface area contributed by atoms with Gasteiger partial charge in [-0.2, -0.15) is 0 Å². The lowest BCUT2D eigenvalue weighted by atomic mass is 9.84. The normalized spacial score (nSPS) is 18.2. The van der Waals surface area contributed by atoms with Crippen LogP contribution in [0.3, 0.4) is 0 Å². The standard InChI is InChI=1S/C27H29N3O3/c1-19-11-12-24-22(17-19)26(21-9-5-6-10-23(21)28-24)27(32)33-18-25(31)30-15-13-29(14-16-30)20-7-3-2-4-8-20/h2-10,19H,11-18H2,1H3. The summed E-state index contributed by atoms with van der Waals surface area (Å²) in [5.41, 5.74) is 4.54. The second-order valence-corrected chi connectivity index (χ2v) is 9.06. The van der Waals surface area contributed by atoms with Crippen LogP contribution >= 0.6 is 0 Å². The second-order valence-electron chi connectivity index (χ2n) is 9.06. The van der Waals surface area contributed by atoms with E-state index in [4.69, 9.17) is 9.72 Å². The summed E-state index contributed by atoms with van der Waals surface area (Å²) in [6.07, 6.45) is 2.75. The summed E-state index contributed by atoms with van der Waals surface area (Å²) in [6.45, 7) is 4.75. The van der Waals surface area contributed by atoms with E-state index in [0.29, 0.717) is 24.6 Å². The molecule has 1 atom stereocenters. The number of nitrogens with zero attached hydrogens (tertiary/aromatic N) is 3. The lowest BCUT2D eigenvalue weighted by Crippen LogP contribution is -2.49. The number of amides is 1. The first-order chi connectivity index (χ1) is 16.1. The van der Waals surface area contributed by atoms with Gasteiger partial charge < -0.3 is 14.5 Å². The Labute approximate surface area is 194 Å². The Balaban J connectivity index is 1.27. The molecule has 33 heavy (non-hydrogen) atoms. The average Bonchev–Trinajstić information content (AvgIpc) is 2.86. The highest BCUT2D eigenvalue weighted by Gasteiger charge is 2.27. The van der Waals surface area contributed by atoms with Crippen molar-refractivity contribution in [3.05, 3.63) is 71.4 Å². The van der Waals surface area contributed by atoms with Crippen LogP contribution in [0.5, 0.6) is 0 Å². The van der Waals surface area contributed by atoms with Gasteiger partial charge in [-0.3, -0.25) is 9.78 Å². The molecular weight excluding hydrogens is 414 g/mol. The fraction of sp³-hybridized carbons (Fsp3) is 0.370. The first kappa shape index (κ1) is 21.4. The molecule has 6 nitrogen and oxygen atoms in total. The highest BCUT2D eigenvalue weighted by molar-refractivity contribution is 6.05. The summed E-state index contributed by atoms with van der Waals surface area (Å²) in [5.74, 6) is -0.0681. The third-order valence-corrected chi connectivity index (χ3v) is 6.79. The van der Waals surface area contributed by atoms with Crippen molar-refractivity contribution in [2.45, 2.75) is 26.2 Å². The number of aromatic nitrogens is 1. The molecule has 1 amide bonds. The lowest BCUT2D eigenvalue weighted by molar-refractivity contribution is -0.134. The highest BCUT2D eigenvalue weighted by atomic mass is 16.5. The van der Waals surface area contributed by atoms with Crippen molar-refractivity contribution in [3.63, 3.8) is 0 Å². The second kappa shape index (κ2) is 9.22. The molecule has 2 aromatic carbocycles. The molecule has 2 heterocycles. The summed E-state index contributed by atoms with van der Waals surface area (Å²) in [6, 6.07) is 17.9. The number of pyridine rings is 1. The van der Waals surface area contributed by atoms with Crippen LogP contribution in [0.15, 0.2) is 54.6 Å². The van der Waals surface area contributed by atoms with Gasteiger partial charge in [0, 0.05) is 42.9 Å². The molecule has 6 heteroatoms. The first-order valence-electron chi connectivity index (χ1n) is 11.8. The van der Waals surface area contributed by atoms with E-state index >= 15 is 0 Å². The van der Waals surface area contributed by atoms with Gasteiger partial charge in [-0.05, 0) is 48.9 Å². The number of piperazine rings is 1. The number of fused-ring (bicyclic) bond motifs is 2. The van der Waals surface area contributed by atoms with E-state index in [9.17, 15) is 9.59 Å². The number of carbonyl (C=O) groups excluding carboxylic acids is 2. The van der Waals surface area contributed by atoms with Crippen LogP contribution in [0.2, 0.25) is 0 Å². The summed E-state index contributed by atoms with van der Waals surface area (Å²) >= 11 is 0. The Morgan fingerprint density at radius 2 is 1.73 bits per heavy atom. The first-order valence-corrected chi connectivity index (χ1v) is 11.8. The Morgan fingerprint density at radius 3 is 2.52 bits per heavy atom. The predicted octanol–water partition coefficient (Wildman–Crippen LogP) is 3.87. The number of para-hydroxylation sites is 2. The average molecular weight is 444 g/mol. The van der Waals surface area contributed by atoms with Crippen LogP contribution in [-0.4, -0.2) is 54.5 Å². The van der Waals surface area contributed by atoms with E-state index in [1.807, 2.05) is 42.5 Å². The maximum absolute atomic E-state index is 13.2. The Hall–Kier alpha value is -3.41. The SMILES string of the molecule is CC1CCc2nc3ccccc3c(C(=O)OCC(=O)N3CCN(c4ccccc4)CC3)c2C1. The van der Waals surface area contributed by atoms with Gasteiger partial charge in [-0.25, -0.2) is 4.79 Å². The van der Waals surface area contributed by atoms with Crippen LogP contribution in [0.4, 0.5) is 5.69 Å². The molecule has 170 valence electrons. The zero-order valence-electron chi connectivity index (χ0n) is 19.0.